The zero-order valence-corrected chi connectivity index (χ0v) is 15.2. The summed E-state index contributed by atoms with van der Waals surface area (Å²) in [5.41, 5.74) is 0. The maximum Gasteiger partial charge on any atom is 0.345 e. The van der Waals surface area contributed by atoms with E-state index in [0.717, 1.165) is 0 Å². The number of carbonyl (C=O) groups excluding carboxylic acids is 1. The van der Waals surface area contributed by atoms with Crippen molar-refractivity contribution >= 4 is 30.2 Å². The van der Waals surface area contributed by atoms with Crippen LogP contribution in [0.25, 0.3) is 0 Å². The summed E-state index contributed by atoms with van der Waals surface area (Å²) in [6, 6.07) is 0. The first kappa shape index (κ1) is 17.6. The lowest BCUT2D eigenvalue weighted by Gasteiger charge is -2.35. The van der Waals surface area contributed by atoms with Crippen molar-refractivity contribution in [2.75, 3.05) is 6.61 Å². The Balaban J connectivity index is 2.53. The molecule has 0 radical (unpaired) electrons. The minimum atomic E-state index is -1.77. The van der Waals surface area contributed by atoms with Crippen LogP contribution in [0.2, 0.25) is 18.1 Å². The smallest absolute Gasteiger partial charge is 0.345 e. The highest BCUT2D eigenvalue weighted by molar-refractivity contribution is 9.12. The second-order valence-corrected chi connectivity index (χ2v) is 12.0. The van der Waals surface area contributed by atoms with Crippen molar-refractivity contribution in [3.8, 4) is 0 Å². The van der Waals surface area contributed by atoms with Gasteiger partial charge in [0.15, 0.2) is 8.32 Å². The Hall–Kier alpha value is -0.433. The van der Waals surface area contributed by atoms with Crippen LogP contribution in [0.15, 0.2) is 22.7 Å². The van der Waals surface area contributed by atoms with E-state index in [4.69, 9.17) is 9.16 Å². The topological polar surface area (TPSA) is 55.8 Å². The van der Waals surface area contributed by atoms with Crippen LogP contribution in [0.4, 0.5) is 0 Å². The first-order valence-corrected chi connectivity index (χ1v) is 10.3. The average Bonchev–Trinajstić information content (AvgIpc) is 2.29. The number of carbonyl (C=O) groups is 1. The summed E-state index contributed by atoms with van der Waals surface area (Å²) in [4.78, 5) is 11.4. The maximum absolute atomic E-state index is 11.4. The summed E-state index contributed by atoms with van der Waals surface area (Å²) in [6.07, 6.45) is 3.44. The predicted octanol–water partition coefficient (Wildman–Crippen LogP) is 3.13. The first-order valence-electron chi connectivity index (χ1n) is 6.61. The SMILES string of the molecule is CC(C)(C)[Si](C)(C)OC/C=C/[C@H]1OC(=O)C(Br)=C[C@@H]1O. The van der Waals surface area contributed by atoms with Gasteiger partial charge in [-0.25, -0.2) is 4.79 Å². The van der Waals surface area contributed by atoms with Crippen molar-refractivity contribution in [1.29, 1.82) is 0 Å². The molecule has 0 unspecified atom stereocenters. The molecule has 1 N–H and O–H groups in total. The van der Waals surface area contributed by atoms with Crippen LogP contribution in [0.5, 0.6) is 0 Å². The lowest BCUT2D eigenvalue weighted by atomic mass is 10.1. The van der Waals surface area contributed by atoms with E-state index >= 15 is 0 Å². The Morgan fingerprint density at radius 1 is 1.50 bits per heavy atom. The van der Waals surface area contributed by atoms with E-state index in [2.05, 4.69) is 49.8 Å². The van der Waals surface area contributed by atoms with Crippen LogP contribution < -0.4 is 0 Å². The fourth-order valence-electron chi connectivity index (χ4n) is 1.38. The van der Waals surface area contributed by atoms with Crippen molar-refractivity contribution < 1.29 is 19.1 Å². The molecule has 1 rings (SSSR count). The third-order valence-electron chi connectivity index (χ3n) is 3.76. The van der Waals surface area contributed by atoms with Crippen molar-refractivity contribution in [1.82, 2.24) is 0 Å². The van der Waals surface area contributed by atoms with Gasteiger partial charge in [-0.05, 0) is 46.2 Å². The number of aliphatic hydroxyl groups is 1. The Morgan fingerprint density at radius 3 is 2.65 bits per heavy atom. The van der Waals surface area contributed by atoms with E-state index in [1.807, 2.05) is 0 Å². The monoisotopic (exact) mass is 362 g/mol. The molecular formula is C14H23BrO4Si. The fourth-order valence-corrected chi connectivity index (χ4v) is 2.69. The second-order valence-electron chi connectivity index (χ2n) is 6.37. The minimum Gasteiger partial charge on any atom is -0.451 e. The second kappa shape index (κ2) is 6.55. The number of halogens is 1. The predicted molar refractivity (Wildman–Crippen MR) is 85.2 cm³/mol. The molecule has 0 aromatic carbocycles. The number of rotatable bonds is 4. The van der Waals surface area contributed by atoms with E-state index < -0.39 is 26.5 Å². The van der Waals surface area contributed by atoms with E-state index in [0.29, 0.717) is 6.61 Å². The van der Waals surface area contributed by atoms with E-state index in [9.17, 15) is 9.90 Å². The Labute approximate surface area is 130 Å². The molecule has 114 valence electrons. The molecule has 0 aliphatic carbocycles. The van der Waals surface area contributed by atoms with Crippen LogP contribution in [-0.4, -0.2) is 38.2 Å². The molecule has 20 heavy (non-hydrogen) atoms. The van der Waals surface area contributed by atoms with E-state index in [1.165, 1.54) is 6.08 Å². The van der Waals surface area contributed by atoms with Crippen LogP contribution in [0.3, 0.4) is 0 Å². The quantitative estimate of drug-likeness (QED) is 0.474. The van der Waals surface area contributed by atoms with E-state index in [1.54, 1.807) is 12.2 Å². The zero-order chi connectivity index (χ0) is 15.6. The van der Waals surface area contributed by atoms with Crippen LogP contribution >= 0.6 is 15.9 Å². The van der Waals surface area contributed by atoms with Crippen LogP contribution in [0.1, 0.15) is 20.8 Å². The van der Waals surface area contributed by atoms with Gasteiger partial charge in [0.05, 0.1) is 6.61 Å². The third-order valence-corrected chi connectivity index (χ3v) is 8.85. The van der Waals surface area contributed by atoms with Crippen molar-refractivity contribution in [2.24, 2.45) is 0 Å². The fraction of sp³-hybridized carbons (Fsp3) is 0.643. The van der Waals surface area contributed by atoms with Gasteiger partial charge in [-0.2, -0.15) is 0 Å². The standard InChI is InChI=1S/C14H23BrO4Si/c1-14(2,3)20(4,5)18-8-6-7-12-11(16)9-10(15)13(17)19-12/h6-7,9,11-12,16H,8H2,1-5H3/b7-6+/t11-,12+/m0/s1. The van der Waals surface area contributed by atoms with E-state index in [-0.39, 0.29) is 9.52 Å². The maximum atomic E-state index is 11.4. The average molecular weight is 363 g/mol. The number of aliphatic hydroxyl groups excluding tert-OH is 1. The molecule has 0 fully saturated rings. The zero-order valence-electron chi connectivity index (χ0n) is 12.6. The van der Waals surface area contributed by atoms with Gasteiger partial charge in [0.1, 0.15) is 16.7 Å². The molecule has 0 bridgehead atoms. The summed E-state index contributed by atoms with van der Waals surface area (Å²) in [6.45, 7) is 11.3. The Morgan fingerprint density at radius 2 is 2.10 bits per heavy atom. The van der Waals surface area contributed by atoms with Crippen molar-refractivity contribution in [2.45, 2.75) is 51.1 Å². The molecule has 0 aromatic rings. The number of cyclic esters (lactones) is 1. The molecule has 1 aliphatic rings. The van der Waals surface area contributed by atoms with Gasteiger partial charge in [0.2, 0.25) is 0 Å². The number of hydrogen-bond acceptors (Lipinski definition) is 4. The number of hydrogen-bond donors (Lipinski definition) is 1. The molecule has 0 saturated heterocycles. The van der Waals surface area contributed by atoms with Gasteiger partial charge >= 0.3 is 5.97 Å². The van der Waals surface area contributed by atoms with Crippen molar-refractivity contribution in [3.63, 3.8) is 0 Å². The summed E-state index contributed by atoms with van der Waals surface area (Å²) < 4.78 is 11.3. The highest BCUT2D eigenvalue weighted by Gasteiger charge is 2.36. The van der Waals surface area contributed by atoms with Crippen LogP contribution in [0, 0.1) is 0 Å². The first-order chi connectivity index (χ1) is 9.04. The molecule has 4 nitrogen and oxygen atoms in total. The molecule has 6 heteroatoms. The Kier molecular flexibility index (Phi) is 5.77. The largest absolute Gasteiger partial charge is 0.451 e. The lowest BCUT2D eigenvalue weighted by Crippen LogP contribution is -2.40. The molecule has 1 aliphatic heterocycles. The number of ether oxygens (including phenoxy) is 1. The molecule has 0 amide bonds. The Bertz CT molecular complexity index is 423. The van der Waals surface area contributed by atoms with Gasteiger partial charge in [-0.15, -0.1) is 0 Å². The normalized spacial score (nSPS) is 24.8. The summed E-state index contributed by atoms with van der Waals surface area (Å²) >= 11 is 3.03. The summed E-state index contributed by atoms with van der Waals surface area (Å²) in [7, 11) is -1.77. The summed E-state index contributed by atoms with van der Waals surface area (Å²) in [5.74, 6) is -0.463. The molecule has 2 atom stereocenters. The minimum absolute atomic E-state index is 0.158. The molecule has 0 saturated carbocycles. The van der Waals surface area contributed by atoms with Gasteiger partial charge in [0, 0.05) is 0 Å². The van der Waals surface area contributed by atoms with Crippen LogP contribution in [-0.2, 0) is 14.0 Å². The number of esters is 1. The molecule has 0 aromatic heterocycles. The van der Waals surface area contributed by atoms with Gasteiger partial charge in [-0.1, -0.05) is 26.8 Å². The highest BCUT2D eigenvalue weighted by atomic mass is 79.9. The van der Waals surface area contributed by atoms with Gasteiger partial charge in [-0.3, -0.25) is 0 Å². The highest BCUT2D eigenvalue weighted by Crippen LogP contribution is 2.36. The molecule has 0 spiro atoms. The van der Waals surface area contributed by atoms with Gasteiger partial charge in [0.25, 0.3) is 0 Å². The molecule has 1 heterocycles. The third kappa shape index (κ3) is 4.55. The lowest BCUT2D eigenvalue weighted by molar-refractivity contribution is -0.146. The molecular weight excluding hydrogens is 340 g/mol. The van der Waals surface area contributed by atoms with Gasteiger partial charge < -0.3 is 14.3 Å². The van der Waals surface area contributed by atoms with Crippen molar-refractivity contribution in [3.05, 3.63) is 22.7 Å². The summed E-state index contributed by atoms with van der Waals surface area (Å²) in [5, 5.41) is 9.94.